The number of benzene rings is 2. The van der Waals surface area contributed by atoms with Crippen LogP contribution in [0.4, 0.5) is 0 Å². The Morgan fingerprint density at radius 3 is 2.52 bits per heavy atom. The van der Waals surface area contributed by atoms with Crippen LogP contribution in [0.5, 0.6) is 17.2 Å². The topological polar surface area (TPSA) is 72.8 Å². The van der Waals surface area contributed by atoms with Crippen molar-refractivity contribution in [1.29, 1.82) is 0 Å². The SMILES string of the molecule is Cc1c2c(cc(O)c1C(C)(C)C)CCC(C)(COc1ccc(CC3SC(=O)CC3=O)cc1)O2. The maximum atomic E-state index is 11.9. The van der Waals surface area contributed by atoms with Gasteiger partial charge in [-0.3, -0.25) is 9.59 Å². The largest absolute Gasteiger partial charge is 0.508 e. The number of carbonyl (C=O) groups excluding carboxylic acids is 2. The Labute approximate surface area is 199 Å². The number of fused-ring (bicyclic) bond motifs is 1. The molecule has 0 saturated carbocycles. The average Bonchev–Trinajstić information content (AvgIpc) is 3.04. The summed E-state index contributed by atoms with van der Waals surface area (Å²) in [6.45, 7) is 10.8. The number of hydrogen-bond acceptors (Lipinski definition) is 6. The molecular formula is C27H32O5S. The molecule has 2 unspecified atom stereocenters. The average molecular weight is 469 g/mol. The first kappa shape index (κ1) is 23.7. The van der Waals surface area contributed by atoms with E-state index in [9.17, 15) is 14.7 Å². The number of carbonyl (C=O) groups is 2. The lowest BCUT2D eigenvalue weighted by molar-refractivity contribution is -0.121. The summed E-state index contributed by atoms with van der Waals surface area (Å²) >= 11 is 1.15. The van der Waals surface area contributed by atoms with Gasteiger partial charge in [0.05, 0.1) is 11.7 Å². The van der Waals surface area contributed by atoms with Crippen LogP contribution in [0.1, 0.15) is 62.8 Å². The van der Waals surface area contributed by atoms with Crippen LogP contribution in [0.3, 0.4) is 0 Å². The second kappa shape index (κ2) is 8.71. The third-order valence-electron chi connectivity index (χ3n) is 6.44. The summed E-state index contributed by atoms with van der Waals surface area (Å²) in [6.07, 6.45) is 2.23. The zero-order chi connectivity index (χ0) is 24.0. The molecule has 0 aromatic heterocycles. The number of aryl methyl sites for hydroxylation is 1. The van der Waals surface area contributed by atoms with Crippen molar-refractivity contribution in [3.8, 4) is 17.2 Å². The van der Waals surface area contributed by atoms with E-state index in [2.05, 4.69) is 27.7 Å². The molecule has 0 spiro atoms. The van der Waals surface area contributed by atoms with Gasteiger partial charge < -0.3 is 14.6 Å². The van der Waals surface area contributed by atoms with Crippen LogP contribution in [0.15, 0.2) is 30.3 Å². The van der Waals surface area contributed by atoms with Crippen LogP contribution in [0.25, 0.3) is 0 Å². The van der Waals surface area contributed by atoms with Crippen LogP contribution in [-0.2, 0) is 27.8 Å². The molecule has 1 saturated heterocycles. The van der Waals surface area contributed by atoms with E-state index in [1.807, 2.05) is 37.3 Å². The van der Waals surface area contributed by atoms with Gasteiger partial charge in [0.1, 0.15) is 29.5 Å². The van der Waals surface area contributed by atoms with Crippen molar-refractivity contribution in [2.45, 2.75) is 76.6 Å². The molecule has 2 heterocycles. The van der Waals surface area contributed by atoms with Crippen molar-refractivity contribution in [2.75, 3.05) is 6.61 Å². The van der Waals surface area contributed by atoms with E-state index in [0.29, 0.717) is 18.8 Å². The maximum absolute atomic E-state index is 11.9. The number of ether oxygens (including phenoxy) is 2. The Hall–Kier alpha value is -2.47. The number of thioether (sulfide) groups is 1. The van der Waals surface area contributed by atoms with Gasteiger partial charge in [0.2, 0.25) is 0 Å². The van der Waals surface area contributed by atoms with Gasteiger partial charge in [0, 0.05) is 5.56 Å². The van der Waals surface area contributed by atoms with E-state index in [4.69, 9.17) is 9.47 Å². The number of phenols is 1. The second-order valence-corrected chi connectivity index (χ2v) is 11.7. The molecule has 1 N–H and O–H groups in total. The lowest BCUT2D eigenvalue weighted by Crippen LogP contribution is -2.42. The third kappa shape index (κ3) is 5.06. The van der Waals surface area contributed by atoms with Crippen LogP contribution in [-0.4, -0.2) is 33.5 Å². The summed E-state index contributed by atoms with van der Waals surface area (Å²) in [7, 11) is 0. The van der Waals surface area contributed by atoms with Gasteiger partial charge in [-0.25, -0.2) is 0 Å². The zero-order valence-electron chi connectivity index (χ0n) is 20.0. The molecule has 4 rings (SSSR count). The summed E-state index contributed by atoms with van der Waals surface area (Å²) in [6, 6.07) is 9.56. The number of phenolic OH excluding ortho intramolecular Hbond substituents is 1. The fourth-order valence-electron chi connectivity index (χ4n) is 4.77. The minimum absolute atomic E-state index is 0.0196. The van der Waals surface area contributed by atoms with E-state index in [0.717, 1.165) is 58.4 Å². The van der Waals surface area contributed by atoms with Crippen LogP contribution >= 0.6 is 11.8 Å². The summed E-state index contributed by atoms with van der Waals surface area (Å²) in [5.41, 5.74) is 3.30. The lowest BCUT2D eigenvalue weighted by Gasteiger charge is -2.38. The van der Waals surface area contributed by atoms with E-state index in [1.54, 1.807) is 0 Å². The number of Topliss-reactive ketones (excluding diaryl/α,β-unsaturated/α-hetero) is 1. The number of hydrogen-bond donors (Lipinski definition) is 1. The van der Waals surface area contributed by atoms with E-state index in [-0.39, 0.29) is 28.0 Å². The molecular weight excluding hydrogens is 436 g/mol. The Morgan fingerprint density at radius 1 is 1.21 bits per heavy atom. The Balaban J connectivity index is 1.42. The molecule has 6 heteroatoms. The first-order valence-corrected chi connectivity index (χ1v) is 12.3. The molecule has 0 radical (unpaired) electrons. The van der Waals surface area contributed by atoms with Crippen LogP contribution < -0.4 is 9.47 Å². The quantitative estimate of drug-likeness (QED) is 0.600. The molecule has 2 aliphatic heterocycles. The fraction of sp³-hybridized carbons (Fsp3) is 0.481. The molecule has 2 atom stereocenters. The van der Waals surface area contributed by atoms with Crippen molar-refractivity contribution >= 4 is 22.7 Å². The van der Waals surface area contributed by atoms with Crippen molar-refractivity contribution in [2.24, 2.45) is 0 Å². The normalized spacial score (nSPS) is 22.8. The summed E-state index contributed by atoms with van der Waals surface area (Å²) in [4.78, 5) is 23.3. The van der Waals surface area contributed by atoms with Gasteiger partial charge in [-0.1, -0.05) is 44.7 Å². The predicted molar refractivity (Wildman–Crippen MR) is 131 cm³/mol. The Morgan fingerprint density at radius 2 is 1.91 bits per heavy atom. The van der Waals surface area contributed by atoms with Gasteiger partial charge >= 0.3 is 0 Å². The molecule has 0 amide bonds. The smallest absolute Gasteiger partial charge is 0.197 e. The summed E-state index contributed by atoms with van der Waals surface area (Å²) in [5, 5.41) is 10.3. The molecule has 2 aromatic carbocycles. The highest BCUT2D eigenvalue weighted by molar-refractivity contribution is 8.15. The first-order chi connectivity index (χ1) is 15.4. The van der Waals surface area contributed by atoms with Crippen molar-refractivity contribution in [1.82, 2.24) is 0 Å². The molecule has 5 nitrogen and oxygen atoms in total. The molecule has 33 heavy (non-hydrogen) atoms. The highest BCUT2D eigenvalue weighted by atomic mass is 32.2. The van der Waals surface area contributed by atoms with Crippen molar-refractivity contribution < 1.29 is 24.2 Å². The second-order valence-electron chi connectivity index (χ2n) is 10.4. The van der Waals surface area contributed by atoms with E-state index in [1.165, 1.54) is 0 Å². The van der Waals surface area contributed by atoms with Gasteiger partial charge in [0.15, 0.2) is 10.9 Å². The lowest BCUT2D eigenvalue weighted by atomic mass is 9.80. The predicted octanol–water partition coefficient (Wildman–Crippen LogP) is 5.30. The molecule has 1 fully saturated rings. The third-order valence-corrected chi connectivity index (χ3v) is 7.56. The Kier molecular flexibility index (Phi) is 6.25. The standard InChI is InChI=1S/C27H32O5S/c1-16-24(26(2,3)4)21(29)13-18-10-11-27(5,32-25(16)18)15-31-19-8-6-17(7-9-19)12-22-20(28)14-23(30)33-22/h6-9,13,22,29H,10-12,14-15H2,1-5H3. The zero-order valence-corrected chi connectivity index (χ0v) is 20.8. The van der Waals surface area contributed by atoms with E-state index >= 15 is 0 Å². The van der Waals surface area contributed by atoms with Crippen LogP contribution in [0.2, 0.25) is 0 Å². The molecule has 176 valence electrons. The van der Waals surface area contributed by atoms with Gasteiger partial charge in [-0.05, 0) is 73.4 Å². The highest BCUT2D eigenvalue weighted by Crippen LogP contribution is 2.44. The Bertz CT molecular complexity index is 1080. The van der Waals surface area contributed by atoms with Gasteiger partial charge in [-0.2, -0.15) is 0 Å². The van der Waals surface area contributed by atoms with E-state index < -0.39 is 5.60 Å². The molecule has 0 aliphatic carbocycles. The minimum atomic E-state index is -0.476. The number of rotatable bonds is 5. The molecule has 2 aliphatic rings. The fourth-order valence-corrected chi connectivity index (χ4v) is 5.80. The molecule has 2 aromatic rings. The molecule has 0 bridgehead atoms. The van der Waals surface area contributed by atoms with Crippen LogP contribution in [0, 0.1) is 6.92 Å². The van der Waals surface area contributed by atoms with Crippen molar-refractivity contribution in [3.63, 3.8) is 0 Å². The maximum Gasteiger partial charge on any atom is 0.197 e. The van der Waals surface area contributed by atoms with Gasteiger partial charge in [0.25, 0.3) is 0 Å². The number of ketones is 1. The number of aromatic hydroxyl groups is 1. The summed E-state index contributed by atoms with van der Waals surface area (Å²) in [5.74, 6) is 1.96. The highest BCUT2D eigenvalue weighted by Gasteiger charge is 2.36. The monoisotopic (exact) mass is 468 g/mol. The van der Waals surface area contributed by atoms with Crippen molar-refractivity contribution in [3.05, 3.63) is 52.6 Å². The minimum Gasteiger partial charge on any atom is -0.508 e. The summed E-state index contributed by atoms with van der Waals surface area (Å²) < 4.78 is 12.6. The van der Waals surface area contributed by atoms with Gasteiger partial charge in [-0.15, -0.1) is 0 Å². The first-order valence-electron chi connectivity index (χ1n) is 11.4.